The number of carbonyl (C=O) groups is 1. The maximum absolute atomic E-state index is 13.1. The standard InChI is InChI=1S/C24H26O3/c25-22(27-16-17-7-3-1-4-8-17)23-13-18-11-20(14-23)24(26,21(12-18)15-23)19-9-5-2-6-10-19/h1-10,18,20-21,26H,11-16H2. The zero-order valence-electron chi connectivity index (χ0n) is 15.5. The molecule has 0 spiro atoms. The number of rotatable bonds is 4. The van der Waals surface area contributed by atoms with Crippen molar-refractivity contribution in [1.82, 2.24) is 0 Å². The molecule has 3 nitrogen and oxygen atoms in total. The second-order valence-electron chi connectivity index (χ2n) is 8.88. The normalized spacial score (nSPS) is 36.6. The van der Waals surface area contributed by atoms with Crippen LogP contribution in [0.3, 0.4) is 0 Å². The second kappa shape index (κ2) is 6.20. The van der Waals surface area contributed by atoms with Gasteiger partial charge in [-0.1, -0.05) is 60.7 Å². The Morgan fingerprint density at radius 3 is 2.15 bits per heavy atom. The fourth-order valence-electron chi connectivity index (χ4n) is 6.29. The molecule has 4 saturated carbocycles. The fourth-order valence-corrected chi connectivity index (χ4v) is 6.29. The van der Waals surface area contributed by atoms with Gasteiger partial charge in [0, 0.05) is 0 Å². The van der Waals surface area contributed by atoms with Crippen LogP contribution in [0.4, 0.5) is 0 Å². The minimum atomic E-state index is -0.790. The van der Waals surface area contributed by atoms with Crippen molar-refractivity contribution in [3.8, 4) is 0 Å². The van der Waals surface area contributed by atoms with Crippen molar-refractivity contribution in [2.24, 2.45) is 23.2 Å². The van der Waals surface area contributed by atoms with Crippen LogP contribution in [0, 0.1) is 23.2 Å². The molecule has 27 heavy (non-hydrogen) atoms. The molecule has 140 valence electrons. The van der Waals surface area contributed by atoms with E-state index in [2.05, 4.69) is 0 Å². The SMILES string of the molecule is O=C(OCc1ccccc1)C12CC3CC(C1)C(O)(c1ccccc1)C(C3)C2. The molecule has 0 aliphatic heterocycles. The highest BCUT2D eigenvalue weighted by Crippen LogP contribution is 2.66. The third-order valence-electron chi connectivity index (χ3n) is 7.32. The van der Waals surface area contributed by atoms with Crippen LogP contribution >= 0.6 is 0 Å². The Morgan fingerprint density at radius 1 is 0.926 bits per heavy atom. The molecule has 6 rings (SSSR count). The summed E-state index contributed by atoms with van der Waals surface area (Å²) in [6.07, 6.45) is 4.47. The van der Waals surface area contributed by atoms with Crippen LogP contribution in [0.15, 0.2) is 60.7 Å². The van der Waals surface area contributed by atoms with Crippen molar-refractivity contribution < 1.29 is 14.6 Å². The van der Waals surface area contributed by atoms with Crippen molar-refractivity contribution in [2.75, 3.05) is 0 Å². The van der Waals surface area contributed by atoms with Crippen LogP contribution < -0.4 is 0 Å². The molecule has 0 aromatic heterocycles. The highest BCUT2D eigenvalue weighted by molar-refractivity contribution is 5.77. The van der Waals surface area contributed by atoms with E-state index in [1.165, 1.54) is 0 Å². The van der Waals surface area contributed by atoms with E-state index in [0.29, 0.717) is 12.5 Å². The fraction of sp³-hybridized carbons (Fsp3) is 0.458. The lowest BCUT2D eigenvalue weighted by Crippen LogP contribution is -2.61. The number of hydrogen-bond donors (Lipinski definition) is 1. The summed E-state index contributed by atoms with van der Waals surface area (Å²) in [6.45, 7) is 0.338. The quantitative estimate of drug-likeness (QED) is 0.818. The molecule has 4 fully saturated rings. The van der Waals surface area contributed by atoms with E-state index >= 15 is 0 Å². The van der Waals surface area contributed by atoms with Gasteiger partial charge in [0.1, 0.15) is 6.61 Å². The van der Waals surface area contributed by atoms with Crippen molar-refractivity contribution in [3.05, 3.63) is 71.8 Å². The maximum Gasteiger partial charge on any atom is 0.312 e. The Morgan fingerprint density at radius 2 is 1.52 bits per heavy atom. The van der Waals surface area contributed by atoms with Gasteiger partial charge in [-0.2, -0.15) is 0 Å². The Labute approximate surface area is 160 Å². The van der Waals surface area contributed by atoms with Gasteiger partial charge in [0.2, 0.25) is 0 Å². The number of aliphatic hydroxyl groups is 1. The van der Waals surface area contributed by atoms with E-state index in [-0.39, 0.29) is 17.8 Å². The summed E-state index contributed by atoms with van der Waals surface area (Å²) in [5.41, 5.74) is 0.858. The average molecular weight is 362 g/mol. The highest BCUT2D eigenvalue weighted by Gasteiger charge is 2.64. The minimum Gasteiger partial charge on any atom is -0.460 e. The van der Waals surface area contributed by atoms with E-state index in [9.17, 15) is 9.90 Å². The first kappa shape index (κ1) is 17.0. The molecule has 0 heterocycles. The summed E-state index contributed by atoms with van der Waals surface area (Å²) in [5.74, 6) is 0.780. The first-order valence-electron chi connectivity index (χ1n) is 10.1. The minimum absolute atomic E-state index is 0.0548. The Hall–Kier alpha value is -2.13. The molecular formula is C24H26O3. The van der Waals surface area contributed by atoms with Gasteiger partial charge in [0.25, 0.3) is 0 Å². The third kappa shape index (κ3) is 2.63. The predicted molar refractivity (Wildman–Crippen MR) is 103 cm³/mol. The molecule has 3 heteroatoms. The molecule has 4 bridgehead atoms. The van der Waals surface area contributed by atoms with E-state index < -0.39 is 11.0 Å². The van der Waals surface area contributed by atoms with E-state index in [1.807, 2.05) is 60.7 Å². The summed E-state index contributed by atoms with van der Waals surface area (Å²) in [7, 11) is 0. The lowest BCUT2D eigenvalue weighted by Gasteiger charge is -2.62. The first-order valence-corrected chi connectivity index (χ1v) is 10.1. The maximum atomic E-state index is 13.1. The molecule has 4 aliphatic rings. The zero-order chi connectivity index (χ0) is 18.5. The summed E-state index contributed by atoms with van der Waals surface area (Å²) >= 11 is 0. The summed E-state index contributed by atoms with van der Waals surface area (Å²) in [4.78, 5) is 13.1. The van der Waals surface area contributed by atoms with E-state index in [4.69, 9.17) is 4.74 Å². The van der Waals surface area contributed by atoms with Crippen molar-refractivity contribution in [1.29, 1.82) is 0 Å². The van der Waals surface area contributed by atoms with Gasteiger partial charge in [-0.15, -0.1) is 0 Å². The predicted octanol–water partition coefficient (Wildman–Crippen LogP) is 4.44. The zero-order valence-corrected chi connectivity index (χ0v) is 15.5. The monoisotopic (exact) mass is 362 g/mol. The lowest BCUT2D eigenvalue weighted by atomic mass is 9.43. The molecule has 2 atom stereocenters. The molecule has 1 N–H and O–H groups in total. The highest BCUT2D eigenvalue weighted by atomic mass is 16.5. The summed E-state index contributed by atoms with van der Waals surface area (Å²) < 4.78 is 5.77. The van der Waals surface area contributed by atoms with Crippen LogP contribution in [0.1, 0.15) is 43.2 Å². The topological polar surface area (TPSA) is 46.5 Å². The van der Waals surface area contributed by atoms with Crippen molar-refractivity contribution in [3.63, 3.8) is 0 Å². The van der Waals surface area contributed by atoms with Crippen LogP contribution in [0.25, 0.3) is 0 Å². The number of carbonyl (C=O) groups excluding carboxylic acids is 1. The molecule has 2 aromatic carbocycles. The van der Waals surface area contributed by atoms with Crippen LogP contribution in [0.2, 0.25) is 0 Å². The molecule has 0 saturated heterocycles. The molecule has 4 aliphatic carbocycles. The molecule has 2 unspecified atom stereocenters. The first-order chi connectivity index (χ1) is 13.1. The van der Waals surface area contributed by atoms with Crippen LogP contribution in [0.5, 0.6) is 0 Å². The average Bonchev–Trinajstić information content (AvgIpc) is 2.71. The van der Waals surface area contributed by atoms with Gasteiger partial charge in [-0.05, 0) is 61.0 Å². The van der Waals surface area contributed by atoms with Crippen molar-refractivity contribution in [2.45, 2.75) is 44.3 Å². The van der Waals surface area contributed by atoms with Crippen LogP contribution in [-0.4, -0.2) is 11.1 Å². The second-order valence-corrected chi connectivity index (χ2v) is 8.88. The van der Waals surface area contributed by atoms with Crippen LogP contribution in [-0.2, 0) is 21.7 Å². The van der Waals surface area contributed by atoms with Gasteiger partial charge < -0.3 is 9.84 Å². The lowest BCUT2D eigenvalue weighted by molar-refractivity contribution is -0.219. The molecule has 2 aromatic rings. The molecule has 0 amide bonds. The largest absolute Gasteiger partial charge is 0.460 e. The Balaban J connectivity index is 1.38. The van der Waals surface area contributed by atoms with Gasteiger partial charge in [0.05, 0.1) is 11.0 Å². The Bertz CT molecular complexity index is 813. The van der Waals surface area contributed by atoms with Crippen molar-refractivity contribution >= 4 is 5.97 Å². The number of ether oxygens (including phenoxy) is 1. The smallest absolute Gasteiger partial charge is 0.312 e. The summed E-state index contributed by atoms with van der Waals surface area (Å²) in [5, 5.41) is 11.7. The van der Waals surface area contributed by atoms with Gasteiger partial charge in [-0.25, -0.2) is 0 Å². The van der Waals surface area contributed by atoms with E-state index in [1.54, 1.807) is 0 Å². The van der Waals surface area contributed by atoms with Gasteiger partial charge in [0.15, 0.2) is 0 Å². The van der Waals surface area contributed by atoms with Gasteiger partial charge >= 0.3 is 5.97 Å². The molecular weight excluding hydrogens is 336 g/mol. The third-order valence-corrected chi connectivity index (χ3v) is 7.32. The molecule has 0 radical (unpaired) electrons. The summed E-state index contributed by atoms with van der Waals surface area (Å²) in [6, 6.07) is 20.0. The number of benzene rings is 2. The Kier molecular flexibility index (Phi) is 3.90. The van der Waals surface area contributed by atoms with E-state index in [0.717, 1.165) is 43.2 Å². The van der Waals surface area contributed by atoms with Gasteiger partial charge in [-0.3, -0.25) is 4.79 Å². The number of hydrogen-bond acceptors (Lipinski definition) is 3. The number of esters is 1.